The highest BCUT2D eigenvalue weighted by atomic mass is 31.2. The van der Waals surface area contributed by atoms with Crippen molar-refractivity contribution in [3.8, 4) is 0 Å². The minimum atomic E-state index is -3.23. The van der Waals surface area contributed by atoms with Crippen molar-refractivity contribution < 1.29 is 23.6 Å². The monoisotopic (exact) mass is 317 g/mol. The second kappa shape index (κ2) is 10.1. The van der Waals surface area contributed by atoms with Crippen LogP contribution in [0.15, 0.2) is 30.3 Å². The molecule has 1 aromatic carbocycles. The van der Waals surface area contributed by atoms with Crippen LogP contribution in [0.2, 0.25) is 0 Å². The number of hydroxylamine groups is 1. The molecule has 6 nitrogen and oxygen atoms in total. The second-order valence-corrected chi connectivity index (χ2v) is 6.51. The summed E-state index contributed by atoms with van der Waals surface area (Å²) in [6.45, 7) is 4.57. The lowest BCUT2D eigenvalue weighted by Gasteiger charge is -2.20. The molecule has 0 spiro atoms. The molecule has 1 aromatic rings. The predicted octanol–water partition coefficient (Wildman–Crippen LogP) is 2.33. The molecule has 0 saturated heterocycles. The second-order valence-electron chi connectivity index (χ2n) is 4.41. The Morgan fingerprint density at radius 3 is 2.38 bits per heavy atom. The summed E-state index contributed by atoms with van der Waals surface area (Å²) in [5.74, 6) is 0. The van der Waals surface area contributed by atoms with Crippen LogP contribution in [0.3, 0.4) is 0 Å². The maximum absolute atomic E-state index is 12.2. The Morgan fingerprint density at radius 2 is 1.81 bits per heavy atom. The zero-order valence-corrected chi connectivity index (χ0v) is 13.4. The van der Waals surface area contributed by atoms with Crippen molar-refractivity contribution in [2.75, 3.05) is 25.9 Å². The molecule has 0 aliphatic carbocycles. The van der Waals surface area contributed by atoms with E-state index in [1.165, 1.54) is 0 Å². The van der Waals surface area contributed by atoms with E-state index in [-0.39, 0.29) is 25.9 Å². The molecule has 0 aliphatic rings. The van der Waals surface area contributed by atoms with Crippen molar-refractivity contribution in [1.29, 1.82) is 0 Å². The molecule has 0 fully saturated rings. The molecular weight excluding hydrogens is 293 g/mol. The molecular formula is C14H24NO5P. The van der Waals surface area contributed by atoms with E-state index < -0.39 is 13.7 Å². The van der Waals surface area contributed by atoms with Crippen LogP contribution in [0.4, 0.5) is 0 Å². The van der Waals surface area contributed by atoms with E-state index in [1.54, 1.807) is 13.8 Å². The molecule has 7 heteroatoms. The topological polar surface area (TPSA) is 77.0 Å². The van der Waals surface area contributed by atoms with Crippen molar-refractivity contribution >= 4 is 7.60 Å². The highest BCUT2D eigenvalue weighted by Gasteiger charge is 2.27. The Kier molecular flexibility index (Phi) is 8.76. The van der Waals surface area contributed by atoms with E-state index in [1.807, 2.05) is 30.3 Å². The molecule has 0 amide bonds. The maximum atomic E-state index is 12.2. The molecule has 1 atom stereocenters. The van der Waals surface area contributed by atoms with E-state index in [0.717, 1.165) is 5.56 Å². The third-order valence-electron chi connectivity index (χ3n) is 2.59. The van der Waals surface area contributed by atoms with Crippen LogP contribution in [0.25, 0.3) is 0 Å². The number of hydrogen-bond donors (Lipinski definition) is 2. The quantitative estimate of drug-likeness (QED) is 0.370. The summed E-state index contributed by atoms with van der Waals surface area (Å²) in [6, 6.07) is 9.66. The van der Waals surface area contributed by atoms with Gasteiger partial charge in [-0.15, -0.1) is 0 Å². The van der Waals surface area contributed by atoms with Crippen LogP contribution in [-0.4, -0.2) is 37.1 Å². The van der Waals surface area contributed by atoms with Gasteiger partial charge in [0.2, 0.25) is 0 Å². The van der Waals surface area contributed by atoms with Gasteiger partial charge in [0.1, 0.15) is 0 Å². The number of rotatable bonds is 11. The molecule has 0 aromatic heterocycles. The third-order valence-corrected chi connectivity index (χ3v) is 4.76. The van der Waals surface area contributed by atoms with Gasteiger partial charge in [-0.3, -0.25) is 9.40 Å². The molecule has 0 radical (unpaired) electrons. The molecule has 0 saturated carbocycles. The van der Waals surface area contributed by atoms with Gasteiger partial charge in [-0.25, -0.2) is 0 Å². The average molecular weight is 317 g/mol. The lowest BCUT2D eigenvalue weighted by Crippen LogP contribution is -2.30. The fourth-order valence-corrected chi connectivity index (χ4v) is 3.44. The standard InChI is InChI=1S/C14H24NO5P/c1-3-19-21(17,20-4-2)12-14(16)10-15-18-11-13-8-6-5-7-9-13/h5-9,14-16H,3-4,10-12H2,1-2H3/t14-/m0/s1. The maximum Gasteiger partial charge on any atom is 0.333 e. The third kappa shape index (κ3) is 7.71. The fourth-order valence-electron chi connectivity index (χ4n) is 1.72. The molecule has 0 unspecified atom stereocenters. The Bertz CT molecular complexity index is 419. The van der Waals surface area contributed by atoms with Gasteiger partial charge < -0.3 is 14.2 Å². The summed E-state index contributed by atoms with van der Waals surface area (Å²) in [5, 5.41) is 9.86. The lowest BCUT2D eigenvalue weighted by atomic mass is 10.2. The van der Waals surface area contributed by atoms with Crippen LogP contribution in [0.1, 0.15) is 19.4 Å². The van der Waals surface area contributed by atoms with Gasteiger partial charge in [-0.1, -0.05) is 30.3 Å². The number of hydrogen-bond acceptors (Lipinski definition) is 6. The zero-order chi connectivity index (χ0) is 15.6. The van der Waals surface area contributed by atoms with E-state index >= 15 is 0 Å². The summed E-state index contributed by atoms with van der Waals surface area (Å²) in [5.41, 5.74) is 3.68. The van der Waals surface area contributed by atoms with Gasteiger partial charge in [-0.05, 0) is 19.4 Å². The molecule has 2 N–H and O–H groups in total. The molecule has 0 bridgehead atoms. The fraction of sp³-hybridized carbons (Fsp3) is 0.571. The molecule has 21 heavy (non-hydrogen) atoms. The van der Waals surface area contributed by atoms with Gasteiger partial charge in [0.05, 0.1) is 32.1 Å². The highest BCUT2D eigenvalue weighted by Crippen LogP contribution is 2.48. The van der Waals surface area contributed by atoms with Crippen LogP contribution in [0, 0.1) is 0 Å². The van der Waals surface area contributed by atoms with Crippen LogP contribution in [0.5, 0.6) is 0 Å². The van der Waals surface area contributed by atoms with Crippen molar-refractivity contribution in [1.82, 2.24) is 5.48 Å². The largest absolute Gasteiger partial charge is 0.391 e. The first-order valence-electron chi connectivity index (χ1n) is 7.04. The first-order valence-corrected chi connectivity index (χ1v) is 8.77. The Balaban J connectivity index is 2.26. The molecule has 0 heterocycles. The summed E-state index contributed by atoms with van der Waals surface area (Å²) in [6.07, 6.45) is -0.930. The zero-order valence-electron chi connectivity index (χ0n) is 12.5. The molecule has 1 rings (SSSR count). The van der Waals surface area contributed by atoms with Crippen molar-refractivity contribution in [2.45, 2.75) is 26.6 Å². The molecule has 0 aliphatic heterocycles. The first kappa shape index (κ1) is 18.3. The van der Waals surface area contributed by atoms with Crippen LogP contribution >= 0.6 is 7.60 Å². The number of aliphatic hydroxyl groups is 1. The summed E-state index contributed by atoms with van der Waals surface area (Å²) in [4.78, 5) is 5.24. The smallest absolute Gasteiger partial charge is 0.333 e. The van der Waals surface area contributed by atoms with Crippen molar-refractivity contribution in [3.63, 3.8) is 0 Å². The summed E-state index contributed by atoms with van der Waals surface area (Å²) in [7, 11) is -3.23. The van der Waals surface area contributed by atoms with E-state index in [9.17, 15) is 9.67 Å². The minimum Gasteiger partial charge on any atom is -0.391 e. The average Bonchev–Trinajstić information content (AvgIpc) is 2.45. The van der Waals surface area contributed by atoms with Crippen molar-refractivity contribution in [3.05, 3.63) is 35.9 Å². The first-order chi connectivity index (χ1) is 10.1. The Hall–Kier alpha value is -0.750. The predicted molar refractivity (Wildman–Crippen MR) is 81.0 cm³/mol. The summed E-state index contributed by atoms with van der Waals surface area (Å²) >= 11 is 0. The lowest BCUT2D eigenvalue weighted by molar-refractivity contribution is 0.00596. The van der Waals surface area contributed by atoms with Gasteiger partial charge >= 0.3 is 7.60 Å². The van der Waals surface area contributed by atoms with Gasteiger partial charge in [0, 0.05) is 6.54 Å². The number of benzene rings is 1. The normalized spacial score (nSPS) is 13.3. The van der Waals surface area contributed by atoms with Crippen molar-refractivity contribution in [2.24, 2.45) is 0 Å². The van der Waals surface area contributed by atoms with E-state index in [0.29, 0.717) is 6.61 Å². The highest BCUT2D eigenvalue weighted by molar-refractivity contribution is 7.53. The number of nitrogens with one attached hydrogen (secondary N) is 1. The summed E-state index contributed by atoms with van der Waals surface area (Å²) < 4.78 is 22.4. The van der Waals surface area contributed by atoms with Gasteiger partial charge in [-0.2, -0.15) is 5.48 Å². The SMILES string of the molecule is CCOP(=O)(C[C@@H](O)CNOCc1ccccc1)OCC. The van der Waals surface area contributed by atoms with E-state index in [2.05, 4.69) is 5.48 Å². The van der Waals surface area contributed by atoms with Crippen LogP contribution < -0.4 is 5.48 Å². The number of aliphatic hydroxyl groups excluding tert-OH is 1. The van der Waals surface area contributed by atoms with Crippen LogP contribution in [-0.2, 0) is 25.1 Å². The Morgan fingerprint density at radius 1 is 1.19 bits per heavy atom. The van der Waals surface area contributed by atoms with Gasteiger partial charge in [0.25, 0.3) is 0 Å². The minimum absolute atomic E-state index is 0.0591. The molecule has 120 valence electrons. The van der Waals surface area contributed by atoms with Gasteiger partial charge in [0.15, 0.2) is 0 Å². The van der Waals surface area contributed by atoms with E-state index in [4.69, 9.17) is 13.9 Å². The Labute approximate surface area is 125 Å².